The maximum absolute atomic E-state index is 13.4. The van der Waals surface area contributed by atoms with Crippen molar-refractivity contribution in [2.45, 2.75) is 146 Å². The number of esters is 1. The number of likely N-dealkylation sites (N-methyl/N-ethyl adjacent to an activating group) is 1. The number of aliphatic hydroxyl groups excluding tert-OH is 2. The summed E-state index contributed by atoms with van der Waals surface area (Å²) in [6.45, 7) is 10.7. The molecule has 0 radical (unpaired) electrons. The first-order chi connectivity index (χ1) is 24.1. The summed E-state index contributed by atoms with van der Waals surface area (Å²) in [4.78, 5) is 28.7. The highest BCUT2D eigenvalue weighted by Gasteiger charge is 2.59. The number of nitrogens with zero attached hydrogens (tertiary/aromatic N) is 1. The monoisotopic (exact) mass is 727 g/mol. The lowest BCUT2D eigenvalue weighted by Gasteiger charge is -2.43. The number of cyclic esters (lactones) is 1. The molecule has 14 nitrogen and oxygen atoms in total. The van der Waals surface area contributed by atoms with Gasteiger partial charge in [0.25, 0.3) is 0 Å². The first-order valence-corrected chi connectivity index (χ1v) is 18.2. The van der Waals surface area contributed by atoms with E-state index in [0.717, 1.165) is 0 Å². The van der Waals surface area contributed by atoms with Crippen molar-refractivity contribution in [3.05, 3.63) is 24.3 Å². The molecular weight excluding hydrogens is 666 g/mol. The Morgan fingerprint density at radius 2 is 1.57 bits per heavy atom. The third kappa shape index (κ3) is 9.84. The van der Waals surface area contributed by atoms with Crippen LogP contribution in [0.1, 0.15) is 60.8 Å². The van der Waals surface area contributed by atoms with E-state index in [-0.39, 0.29) is 48.7 Å². The molecular formula is C37H61NO13. The van der Waals surface area contributed by atoms with Gasteiger partial charge >= 0.3 is 5.97 Å². The molecule has 4 rings (SSSR count). The van der Waals surface area contributed by atoms with E-state index in [2.05, 4.69) is 0 Å². The van der Waals surface area contributed by atoms with Crippen LogP contribution in [-0.2, 0) is 47.5 Å². The van der Waals surface area contributed by atoms with Gasteiger partial charge in [0.1, 0.15) is 42.7 Å². The molecule has 3 N–H and O–H groups in total. The summed E-state index contributed by atoms with van der Waals surface area (Å²) in [5, 5.41) is 34.0. The molecule has 51 heavy (non-hydrogen) atoms. The van der Waals surface area contributed by atoms with Crippen LogP contribution < -0.4 is 0 Å². The summed E-state index contributed by atoms with van der Waals surface area (Å²) >= 11 is 0. The molecule has 4 aliphatic rings. The van der Waals surface area contributed by atoms with Gasteiger partial charge in [0.2, 0.25) is 0 Å². The number of ketones is 1. The predicted octanol–water partition coefficient (Wildman–Crippen LogP) is 1.76. The van der Waals surface area contributed by atoms with Gasteiger partial charge in [-0.05, 0) is 65.3 Å². The van der Waals surface area contributed by atoms with Gasteiger partial charge in [-0.3, -0.25) is 4.79 Å². The highest BCUT2D eigenvalue weighted by atomic mass is 16.7. The molecule has 0 spiro atoms. The Morgan fingerprint density at radius 3 is 2.20 bits per heavy atom. The van der Waals surface area contributed by atoms with Crippen molar-refractivity contribution in [1.29, 1.82) is 0 Å². The molecule has 0 aromatic heterocycles. The van der Waals surface area contributed by atoms with Crippen LogP contribution in [0.4, 0.5) is 0 Å². The SMILES string of the molecule is CCC1OC(=O)/C=C\[C@H](C)[C@@H](O[C@@H]2OC(C)C[C@H](N(C)C)[C@H]2O)[C@@H](C)C[C@@H](C)C(=O)/C=C\[C@H]2O[C@H]2[C@]1(O)CO[C@@H]1O[C@H](C)[C@@H](O)[C@@H](OC)[C@H]1OC. The number of methoxy groups -OCH3 is 2. The van der Waals surface area contributed by atoms with Crippen LogP contribution in [-0.4, -0.2) is 152 Å². The second kappa shape index (κ2) is 18.0. The standard InChI is InChI=1S/C37H61NO13/c1-11-27-37(43,18-46-36-33(45-10)32(44-9)29(41)23(6)48-36)34-26(49-34)14-13-25(39)20(3)16-21(4)31(19(2)12-15-28(40)50-27)51-35-30(42)24(38(7)8)17-22(5)47-35/h12-15,19-24,26-27,29-36,41-43H,11,16-18H2,1-10H3/b14-13-,15-12-/t19-,20+,21-,22?,23+,24-,26+,27?,29+,30+,31+,32+,33+,34+,35-,36+,37-/m0/s1. The largest absolute Gasteiger partial charge is 0.456 e. The predicted molar refractivity (Wildman–Crippen MR) is 184 cm³/mol. The van der Waals surface area contributed by atoms with Gasteiger partial charge in [0, 0.05) is 38.2 Å². The molecule has 0 aromatic rings. The summed E-state index contributed by atoms with van der Waals surface area (Å²) in [6.07, 6.45) is -1.95. The average Bonchev–Trinajstić information content (AvgIpc) is 3.88. The van der Waals surface area contributed by atoms with Crippen LogP contribution in [0, 0.1) is 17.8 Å². The van der Waals surface area contributed by atoms with Crippen molar-refractivity contribution in [2.24, 2.45) is 17.8 Å². The van der Waals surface area contributed by atoms with Crippen molar-refractivity contribution in [3.8, 4) is 0 Å². The van der Waals surface area contributed by atoms with E-state index >= 15 is 0 Å². The van der Waals surface area contributed by atoms with Gasteiger partial charge in [-0.15, -0.1) is 0 Å². The average molecular weight is 728 g/mol. The summed E-state index contributed by atoms with van der Waals surface area (Å²) in [7, 11) is 6.70. The zero-order valence-electron chi connectivity index (χ0n) is 31.7. The number of carbonyl (C=O) groups is 2. The lowest BCUT2D eigenvalue weighted by molar-refractivity contribution is -0.313. The fourth-order valence-corrected chi connectivity index (χ4v) is 7.69. The molecule has 17 atom stereocenters. The molecule has 4 aliphatic heterocycles. The molecule has 0 aliphatic carbocycles. The molecule has 14 heteroatoms. The van der Waals surface area contributed by atoms with Gasteiger partial charge in [0.05, 0.1) is 24.9 Å². The normalized spacial score (nSPS) is 47.0. The quantitative estimate of drug-likeness (QED) is 0.232. The Kier molecular flexibility index (Phi) is 14.8. The van der Waals surface area contributed by atoms with E-state index in [1.807, 2.05) is 46.7 Å². The molecule has 3 fully saturated rings. The Hall–Kier alpha value is -1.82. The number of fused-ring (bicyclic) bond motifs is 1. The number of ether oxygens (including phenoxy) is 8. The second-order valence-electron chi connectivity index (χ2n) is 15.0. The number of epoxide rings is 1. The molecule has 2 unspecified atom stereocenters. The molecule has 4 heterocycles. The summed E-state index contributed by atoms with van der Waals surface area (Å²) in [5.74, 6) is -1.71. The van der Waals surface area contributed by atoms with Gasteiger partial charge in [-0.2, -0.15) is 0 Å². The minimum absolute atomic E-state index is 0.115. The van der Waals surface area contributed by atoms with Crippen LogP contribution in [0.5, 0.6) is 0 Å². The zero-order chi connectivity index (χ0) is 37.8. The van der Waals surface area contributed by atoms with Gasteiger partial charge in [-0.25, -0.2) is 4.79 Å². The molecule has 3 saturated heterocycles. The van der Waals surface area contributed by atoms with E-state index in [9.17, 15) is 24.9 Å². The molecule has 292 valence electrons. The summed E-state index contributed by atoms with van der Waals surface area (Å²) < 4.78 is 47.4. The number of hydrogen-bond donors (Lipinski definition) is 3. The summed E-state index contributed by atoms with van der Waals surface area (Å²) in [6, 6.07) is -0.171. The van der Waals surface area contributed by atoms with Crippen molar-refractivity contribution in [3.63, 3.8) is 0 Å². The fraction of sp³-hybridized carbons (Fsp3) is 0.838. The van der Waals surface area contributed by atoms with Crippen LogP contribution in [0.15, 0.2) is 24.3 Å². The minimum atomic E-state index is -1.86. The van der Waals surface area contributed by atoms with Crippen LogP contribution in [0.3, 0.4) is 0 Å². The Labute approximate surface area is 302 Å². The number of carbonyl (C=O) groups excluding carboxylic acids is 2. The van der Waals surface area contributed by atoms with Crippen LogP contribution in [0.25, 0.3) is 0 Å². The molecule has 0 bridgehead atoms. The van der Waals surface area contributed by atoms with Crippen LogP contribution in [0.2, 0.25) is 0 Å². The third-order valence-electron chi connectivity index (χ3n) is 10.8. The van der Waals surface area contributed by atoms with Gasteiger partial charge in [-0.1, -0.05) is 33.8 Å². The zero-order valence-corrected chi connectivity index (χ0v) is 31.7. The van der Waals surface area contributed by atoms with E-state index < -0.39 is 79.1 Å². The maximum Gasteiger partial charge on any atom is 0.330 e. The molecule has 0 amide bonds. The lowest BCUT2D eigenvalue weighted by atomic mass is 9.84. The van der Waals surface area contributed by atoms with E-state index in [0.29, 0.717) is 12.8 Å². The number of aliphatic hydroxyl groups is 3. The first-order valence-electron chi connectivity index (χ1n) is 18.2. The maximum atomic E-state index is 13.4. The molecule has 0 aromatic carbocycles. The Morgan fingerprint density at radius 1 is 0.882 bits per heavy atom. The van der Waals surface area contributed by atoms with Crippen LogP contribution >= 0.6 is 0 Å². The fourth-order valence-electron chi connectivity index (χ4n) is 7.69. The van der Waals surface area contributed by atoms with E-state index in [1.54, 1.807) is 26.0 Å². The van der Waals surface area contributed by atoms with Crippen molar-refractivity contribution in [1.82, 2.24) is 4.90 Å². The Balaban J connectivity index is 1.59. The van der Waals surface area contributed by atoms with Gasteiger partial charge in [0.15, 0.2) is 24.0 Å². The highest BCUT2D eigenvalue weighted by Crippen LogP contribution is 2.40. The first kappa shape index (κ1) is 41.9. The van der Waals surface area contributed by atoms with E-state index in [4.69, 9.17) is 37.9 Å². The summed E-state index contributed by atoms with van der Waals surface area (Å²) in [5.41, 5.74) is -1.86. The lowest BCUT2D eigenvalue weighted by Crippen LogP contribution is -2.60. The Bertz CT molecular complexity index is 1210. The van der Waals surface area contributed by atoms with Crippen molar-refractivity contribution >= 4 is 11.8 Å². The highest BCUT2D eigenvalue weighted by molar-refractivity contribution is 5.91. The van der Waals surface area contributed by atoms with E-state index in [1.165, 1.54) is 26.4 Å². The number of rotatable bonds is 9. The minimum Gasteiger partial charge on any atom is -0.456 e. The molecule has 0 saturated carbocycles. The van der Waals surface area contributed by atoms with Crippen molar-refractivity contribution in [2.75, 3.05) is 34.9 Å². The second-order valence-corrected chi connectivity index (χ2v) is 15.0. The van der Waals surface area contributed by atoms with Crippen molar-refractivity contribution < 1.29 is 62.8 Å². The number of allylic oxidation sites excluding steroid dienone is 1. The smallest absolute Gasteiger partial charge is 0.330 e. The topological polar surface area (TPSA) is 175 Å². The van der Waals surface area contributed by atoms with Gasteiger partial charge < -0.3 is 58.1 Å². The third-order valence-corrected chi connectivity index (χ3v) is 10.8. The number of hydrogen-bond acceptors (Lipinski definition) is 14.